The van der Waals surface area contributed by atoms with Gasteiger partial charge < -0.3 is 9.88 Å². The topological polar surface area (TPSA) is 66.8 Å². The van der Waals surface area contributed by atoms with Crippen molar-refractivity contribution < 1.29 is 0 Å². The lowest BCUT2D eigenvalue weighted by Gasteiger charge is -2.33. The number of imidazole rings is 1. The van der Waals surface area contributed by atoms with E-state index < -0.39 is 0 Å². The number of nitrogens with zero attached hydrogens (tertiary/aromatic N) is 4. The summed E-state index contributed by atoms with van der Waals surface area (Å²) >= 11 is 0. The van der Waals surface area contributed by atoms with Crippen molar-refractivity contribution in [2.24, 2.45) is 0 Å². The van der Waals surface area contributed by atoms with E-state index in [0.29, 0.717) is 5.92 Å². The zero-order valence-corrected chi connectivity index (χ0v) is 15.0. The molecule has 1 aromatic carbocycles. The minimum Gasteiger partial charge on any atom is -0.356 e. The predicted octanol–water partition coefficient (Wildman–Crippen LogP) is 3.15. The number of aryl methyl sites for hydroxylation is 1. The van der Waals surface area contributed by atoms with Gasteiger partial charge in [0.05, 0.1) is 11.0 Å². The Kier molecular flexibility index (Phi) is 3.58. The van der Waals surface area contributed by atoms with Crippen molar-refractivity contribution >= 4 is 16.9 Å². The lowest BCUT2D eigenvalue weighted by atomic mass is 10.0. The second kappa shape index (κ2) is 5.97. The minimum absolute atomic E-state index is 0.00134. The molecule has 6 nitrogen and oxygen atoms in total. The SMILES string of the molecule is Cc1cc(N2CCC(n3c(=O)[nH]c4ccccc43)CC2)nc(C2CC2)n1. The molecule has 5 rings (SSSR count). The largest absolute Gasteiger partial charge is 0.356 e. The number of H-pyrrole nitrogens is 1. The third-order valence-electron chi connectivity index (χ3n) is 5.58. The van der Waals surface area contributed by atoms with Gasteiger partial charge in [-0.1, -0.05) is 12.1 Å². The normalized spacial score (nSPS) is 18.6. The van der Waals surface area contributed by atoms with Gasteiger partial charge in [0.1, 0.15) is 11.6 Å². The van der Waals surface area contributed by atoms with Gasteiger partial charge in [0.25, 0.3) is 0 Å². The fraction of sp³-hybridized carbons (Fsp3) is 0.450. The van der Waals surface area contributed by atoms with Crippen molar-refractivity contribution in [1.29, 1.82) is 0 Å². The third kappa shape index (κ3) is 2.69. The van der Waals surface area contributed by atoms with E-state index in [0.717, 1.165) is 54.3 Å². The van der Waals surface area contributed by atoms with Gasteiger partial charge in [-0.15, -0.1) is 0 Å². The Hall–Kier alpha value is -2.63. The van der Waals surface area contributed by atoms with Crippen molar-refractivity contribution in [2.45, 2.75) is 44.6 Å². The van der Waals surface area contributed by atoms with E-state index in [1.165, 1.54) is 12.8 Å². The fourth-order valence-corrected chi connectivity index (χ4v) is 4.05. The van der Waals surface area contributed by atoms with Crippen LogP contribution in [0.25, 0.3) is 11.0 Å². The maximum absolute atomic E-state index is 12.4. The van der Waals surface area contributed by atoms with E-state index in [9.17, 15) is 4.79 Å². The zero-order valence-electron chi connectivity index (χ0n) is 15.0. The van der Waals surface area contributed by atoms with E-state index in [2.05, 4.69) is 27.9 Å². The van der Waals surface area contributed by atoms with Crippen molar-refractivity contribution in [2.75, 3.05) is 18.0 Å². The maximum atomic E-state index is 12.4. The molecule has 0 amide bonds. The van der Waals surface area contributed by atoms with Crippen LogP contribution in [0.2, 0.25) is 0 Å². The van der Waals surface area contributed by atoms with E-state index in [1.54, 1.807) is 0 Å². The van der Waals surface area contributed by atoms with Crippen LogP contribution < -0.4 is 10.6 Å². The summed E-state index contributed by atoms with van der Waals surface area (Å²) in [4.78, 5) is 27.2. The molecule has 0 bridgehead atoms. The number of rotatable bonds is 3. The van der Waals surface area contributed by atoms with E-state index in [1.807, 2.05) is 28.8 Å². The molecule has 3 aromatic rings. The van der Waals surface area contributed by atoms with Gasteiger partial charge in [-0.3, -0.25) is 4.57 Å². The molecule has 2 fully saturated rings. The summed E-state index contributed by atoms with van der Waals surface area (Å²) in [6.45, 7) is 3.88. The first-order valence-electron chi connectivity index (χ1n) is 9.49. The van der Waals surface area contributed by atoms with Crippen LogP contribution in [0, 0.1) is 6.92 Å². The molecule has 2 aromatic heterocycles. The highest BCUT2D eigenvalue weighted by molar-refractivity contribution is 5.75. The van der Waals surface area contributed by atoms with Crippen molar-refractivity contribution in [3.63, 3.8) is 0 Å². The first-order chi connectivity index (χ1) is 12.7. The fourth-order valence-electron chi connectivity index (χ4n) is 4.05. The van der Waals surface area contributed by atoms with Crippen LogP contribution >= 0.6 is 0 Å². The van der Waals surface area contributed by atoms with Crippen LogP contribution in [0.1, 0.15) is 49.2 Å². The molecular formula is C20H23N5O. The molecule has 0 radical (unpaired) electrons. The lowest BCUT2D eigenvalue weighted by Crippen LogP contribution is -2.37. The summed E-state index contributed by atoms with van der Waals surface area (Å²) in [5, 5.41) is 0. The number of aromatic amines is 1. The molecule has 3 heterocycles. The van der Waals surface area contributed by atoms with Gasteiger partial charge in [0, 0.05) is 36.8 Å². The monoisotopic (exact) mass is 349 g/mol. The summed E-state index contributed by atoms with van der Waals surface area (Å²) < 4.78 is 1.94. The second-order valence-electron chi connectivity index (χ2n) is 7.54. The van der Waals surface area contributed by atoms with Gasteiger partial charge in [-0.2, -0.15) is 0 Å². The van der Waals surface area contributed by atoms with Crippen LogP contribution in [-0.2, 0) is 0 Å². The average Bonchev–Trinajstić information content (AvgIpc) is 3.44. The lowest BCUT2D eigenvalue weighted by molar-refractivity contribution is 0.395. The van der Waals surface area contributed by atoms with Gasteiger partial charge in [-0.05, 0) is 44.7 Å². The van der Waals surface area contributed by atoms with E-state index >= 15 is 0 Å². The molecule has 0 atom stereocenters. The Morgan fingerprint density at radius 2 is 1.85 bits per heavy atom. The Balaban J connectivity index is 1.38. The summed E-state index contributed by atoms with van der Waals surface area (Å²) in [5.74, 6) is 2.62. The first-order valence-corrected chi connectivity index (χ1v) is 9.49. The van der Waals surface area contributed by atoms with Crippen molar-refractivity contribution in [3.05, 3.63) is 52.3 Å². The number of hydrogen-bond donors (Lipinski definition) is 1. The molecule has 1 N–H and O–H groups in total. The number of anilines is 1. The molecule has 2 aliphatic rings. The van der Waals surface area contributed by atoms with Crippen molar-refractivity contribution in [1.82, 2.24) is 19.5 Å². The Labute approximate surface area is 151 Å². The number of para-hydroxylation sites is 2. The summed E-state index contributed by atoms with van der Waals surface area (Å²) in [6.07, 6.45) is 4.33. The highest BCUT2D eigenvalue weighted by Gasteiger charge is 2.29. The number of benzene rings is 1. The molecule has 26 heavy (non-hydrogen) atoms. The van der Waals surface area contributed by atoms with Gasteiger partial charge in [0.15, 0.2) is 0 Å². The molecule has 1 aliphatic heterocycles. The molecule has 0 spiro atoms. The van der Waals surface area contributed by atoms with Crippen LogP contribution in [0.15, 0.2) is 35.1 Å². The van der Waals surface area contributed by atoms with Gasteiger partial charge in [-0.25, -0.2) is 14.8 Å². The Bertz CT molecular complexity index is 1010. The van der Waals surface area contributed by atoms with Crippen LogP contribution in [0.3, 0.4) is 0 Å². The minimum atomic E-state index is -0.00134. The molecule has 0 unspecified atom stereocenters. The third-order valence-corrected chi connectivity index (χ3v) is 5.58. The zero-order chi connectivity index (χ0) is 17.7. The average molecular weight is 349 g/mol. The number of nitrogens with one attached hydrogen (secondary N) is 1. The highest BCUT2D eigenvalue weighted by Crippen LogP contribution is 2.39. The maximum Gasteiger partial charge on any atom is 0.326 e. The predicted molar refractivity (Wildman–Crippen MR) is 102 cm³/mol. The quantitative estimate of drug-likeness (QED) is 0.789. The summed E-state index contributed by atoms with van der Waals surface area (Å²) in [5.41, 5.74) is 2.97. The van der Waals surface area contributed by atoms with E-state index in [-0.39, 0.29) is 11.7 Å². The number of hydrogen-bond acceptors (Lipinski definition) is 4. The van der Waals surface area contributed by atoms with Gasteiger partial charge in [0.2, 0.25) is 0 Å². The number of aromatic nitrogens is 4. The van der Waals surface area contributed by atoms with Crippen LogP contribution in [-0.4, -0.2) is 32.6 Å². The van der Waals surface area contributed by atoms with E-state index in [4.69, 9.17) is 4.98 Å². The van der Waals surface area contributed by atoms with Gasteiger partial charge >= 0.3 is 5.69 Å². The first kappa shape index (κ1) is 15.6. The number of piperidine rings is 1. The molecule has 1 saturated heterocycles. The molecular weight excluding hydrogens is 326 g/mol. The highest BCUT2D eigenvalue weighted by atomic mass is 16.1. The Morgan fingerprint density at radius 1 is 1.08 bits per heavy atom. The second-order valence-corrected chi connectivity index (χ2v) is 7.54. The standard InChI is InChI=1S/C20H23N5O/c1-13-12-18(23-19(21-13)14-6-7-14)24-10-8-15(9-11-24)25-17-5-3-2-4-16(17)22-20(25)26/h2-5,12,14-15H,6-11H2,1H3,(H,22,26). The molecule has 1 aliphatic carbocycles. The number of fused-ring (bicyclic) bond motifs is 1. The molecule has 6 heteroatoms. The summed E-state index contributed by atoms with van der Waals surface area (Å²) in [6, 6.07) is 10.3. The van der Waals surface area contributed by atoms with Crippen molar-refractivity contribution in [3.8, 4) is 0 Å². The van der Waals surface area contributed by atoms with Crippen LogP contribution in [0.4, 0.5) is 5.82 Å². The molecule has 1 saturated carbocycles. The summed E-state index contributed by atoms with van der Waals surface area (Å²) in [7, 11) is 0. The van der Waals surface area contributed by atoms with Crippen LogP contribution in [0.5, 0.6) is 0 Å². The molecule has 134 valence electrons. The smallest absolute Gasteiger partial charge is 0.326 e. The Morgan fingerprint density at radius 3 is 2.62 bits per heavy atom.